The van der Waals surface area contributed by atoms with Gasteiger partial charge in [0, 0.05) is 38.1 Å². The molecule has 0 bridgehead atoms. The maximum atomic E-state index is 13.2. The van der Waals surface area contributed by atoms with E-state index in [9.17, 15) is 9.18 Å². The molecule has 9 heteroatoms. The maximum absolute atomic E-state index is 13.2. The number of ether oxygens (including phenoxy) is 2. The number of hydrogen-bond acceptors (Lipinski definition) is 6. The van der Waals surface area contributed by atoms with Crippen LogP contribution in [0.5, 0.6) is 0 Å². The Morgan fingerprint density at radius 3 is 2.18 bits per heavy atom. The summed E-state index contributed by atoms with van der Waals surface area (Å²) in [5.74, 6) is -0.621. The monoisotopic (exact) mass is 451 g/mol. The minimum Gasteiger partial charge on any atom is -0.378 e. The van der Waals surface area contributed by atoms with Gasteiger partial charge in [-0.2, -0.15) is 5.10 Å². The van der Waals surface area contributed by atoms with Gasteiger partial charge in [0.15, 0.2) is 5.69 Å². The highest BCUT2D eigenvalue weighted by Gasteiger charge is 2.20. The SMILES string of the molecule is O=C(Nc1ccc(N2CCOCC2)cc1N1CCOCC1)c1ccn(-c2ccc(F)cc2)n1. The van der Waals surface area contributed by atoms with Gasteiger partial charge in [0.05, 0.1) is 43.5 Å². The van der Waals surface area contributed by atoms with Gasteiger partial charge in [-0.25, -0.2) is 9.07 Å². The second kappa shape index (κ2) is 9.60. The van der Waals surface area contributed by atoms with Crippen LogP contribution in [0.1, 0.15) is 10.5 Å². The van der Waals surface area contributed by atoms with Gasteiger partial charge in [-0.1, -0.05) is 0 Å². The van der Waals surface area contributed by atoms with E-state index in [4.69, 9.17) is 9.47 Å². The number of nitrogens with zero attached hydrogens (tertiary/aromatic N) is 4. The molecule has 1 aromatic heterocycles. The van der Waals surface area contributed by atoms with Crippen LogP contribution in [-0.2, 0) is 9.47 Å². The zero-order valence-electron chi connectivity index (χ0n) is 18.2. The Morgan fingerprint density at radius 2 is 1.48 bits per heavy atom. The van der Waals surface area contributed by atoms with Gasteiger partial charge in [0.2, 0.25) is 0 Å². The molecule has 8 nitrogen and oxygen atoms in total. The summed E-state index contributed by atoms with van der Waals surface area (Å²) in [4.78, 5) is 17.5. The molecule has 0 aliphatic carbocycles. The molecular weight excluding hydrogens is 425 g/mol. The van der Waals surface area contributed by atoms with Crippen LogP contribution in [0.3, 0.4) is 0 Å². The molecule has 2 fully saturated rings. The topological polar surface area (TPSA) is 71.9 Å². The first-order chi connectivity index (χ1) is 16.2. The molecule has 1 amide bonds. The normalized spacial score (nSPS) is 16.6. The van der Waals surface area contributed by atoms with Crippen LogP contribution < -0.4 is 15.1 Å². The molecule has 3 heterocycles. The molecule has 2 saturated heterocycles. The first kappa shape index (κ1) is 21.4. The van der Waals surface area contributed by atoms with E-state index in [1.54, 1.807) is 29.1 Å². The van der Waals surface area contributed by atoms with Gasteiger partial charge >= 0.3 is 0 Å². The molecule has 0 spiro atoms. The fourth-order valence-electron chi connectivity index (χ4n) is 4.08. The summed E-state index contributed by atoms with van der Waals surface area (Å²) in [6.45, 7) is 5.92. The molecule has 172 valence electrons. The van der Waals surface area contributed by atoms with E-state index in [1.807, 2.05) is 12.1 Å². The molecule has 5 rings (SSSR count). The highest BCUT2D eigenvalue weighted by Crippen LogP contribution is 2.32. The van der Waals surface area contributed by atoms with Crippen molar-refractivity contribution in [2.24, 2.45) is 0 Å². The Morgan fingerprint density at radius 1 is 0.848 bits per heavy atom. The van der Waals surface area contributed by atoms with E-state index in [2.05, 4.69) is 26.3 Å². The lowest BCUT2D eigenvalue weighted by Gasteiger charge is -2.33. The molecule has 2 aromatic carbocycles. The standard InChI is InChI=1S/C24H26FN5O3/c25-18-1-3-19(4-2-18)30-8-7-22(27-30)24(31)26-21-6-5-20(28-9-13-32-14-10-28)17-23(21)29-11-15-33-16-12-29/h1-8,17H,9-16H2,(H,26,31). The smallest absolute Gasteiger partial charge is 0.276 e. The number of hydrogen-bond donors (Lipinski definition) is 1. The van der Waals surface area contributed by atoms with Crippen molar-refractivity contribution in [1.82, 2.24) is 9.78 Å². The van der Waals surface area contributed by atoms with Gasteiger partial charge in [-0.15, -0.1) is 0 Å². The average Bonchev–Trinajstić information content (AvgIpc) is 3.36. The average molecular weight is 452 g/mol. The number of carbonyl (C=O) groups excluding carboxylic acids is 1. The van der Waals surface area contributed by atoms with Crippen molar-refractivity contribution >= 4 is 23.0 Å². The van der Waals surface area contributed by atoms with Crippen molar-refractivity contribution in [2.45, 2.75) is 0 Å². The van der Waals surface area contributed by atoms with Crippen LogP contribution in [0.15, 0.2) is 54.7 Å². The summed E-state index contributed by atoms with van der Waals surface area (Å²) in [6, 6.07) is 13.7. The molecular formula is C24H26FN5O3. The van der Waals surface area contributed by atoms with Gasteiger partial charge in [0.1, 0.15) is 5.82 Å². The summed E-state index contributed by atoms with van der Waals surface area (Å²) in [7, 11) is 0. The molecule has 2 aliphatic heterocycles. The summed E-state index contributed by atoms with van der Waals surface area (Å²) in [5.41, 5.74) is 3.77. The highest BCUT2D eigenvalue weighted by atomic mass is 19.1. The van der Waals surface area contributed by atoms with Gasteiger partial charge in [0.25, 0.3) is 5.91 Å². The van der Waals surface area contributed by atoms with Crippen molar-refractivity contribution in [3.8, 4) is 5.69 Å². The summed E-state index contributed by atoms with van der Waals surface area (Å²) in [5, 5.41) is 7.39. The largest absolute Gasteiger partial charge is 0.378 e. The van der Waals surface area contributed by atoms with Crippen molar-refractivity contribution in [2.75, 3.05) is 67.7 Å². The number of anilines is 3. The van der Waals surface area contributed by atoms with Crippen LogP contribution >= 0.6 is 0 Å². The maximum Gasteiger partial charge on any atom is 0.276 e. The summed E-state index contributed by atoms with van der Waals surface area (Å²) in [6.07, 6.45) is 1.69. The first-order valence-electron chi connectivity index (χ1n) is 11.1. The number of nitrogens with one attached hydrogen (secondary N) is 1. The van der Waals surface area contributed by atoms with E-state index in [0.717, 1.165) is 43.2 Å². The number of morpholine rings is 2. The van der Waals surface area contributed by atoms with E-state index in [0.29, 0.717) is 32.1 Å². The zero-order chi connectivity index (χ0) is 22.6. The lowest BCUT2D eigenvalue weighted by molar-refractivity contribution is 0.102. The summed E-state index contributed by atoms with van der Waals surface area (Å²) >= 11 is 0. The van der Waals surface area contributed by atoms with Crippen LogP contribution in [0.25, 0.3) is 5.69 Å². The van der Waals surface area contributed by atoms with Crippen LogP contribution in [0.4, 0.5) is 21.5 Å². The third kappa shape index (κ3) is 4.84. The summed E-state index contributed by atoms with van der Waals surface area (Å²) < 4.78 is 25.8. The number of carbonyl (C=O) groups is 1. The van der Waals surface area contributed by atoms with Gasteiger partial charge in [-0.3, -0.25) is 4.79 Å². The fraction of sp³-hybridized carbons (Fsp3) is 0.333. The third-order valence-electron chi connectivity index (χ3n) is 5.87. The van der Waals surface area contributed by atoms with E-state index in [-0.39, 0.29) is 17.4 Å². The van der Waals surface area contributed by atoms with E-state index >= 15 is 0 Å². The van der Waals surface area contributed by atoms with Gasteiger partial charge < -0.3 is 24.6 Å². The number of benzene rings is 2. The molecule has 2 aliphatic rings. The quantitative estimate of drug-likeness (QED) is 0.643. The van der Waals surface area contributed by atoms with Crippen LogP contribution in [0.2, 0.25) is 0 Å². The van der Waals surface area contributed by atoms with Crippen molar-refractivity contribution in [1.29, 1.82) is 0 Å². The molecule has 0 unspecified atom stereocenters. The molecule has 0 radical (unpaired) electrons. The predicted octanol–water partition coefficient (Wildman–Crippen LogP) is 2.94. The number of rotatable bonds is 5. The first-order valence-corrected chi connectivity index (χ1v) is 11.1. The second-order valence-electron chi connectivity index (χ2n) is 7.98. The van der Waals surface area contributed by atoms with E-state index < -0.39 is 0 Å². The van der Waals surface area contributed by atoms with E-state index in [1.165, 1.54) is 12.1 Å². The molecule has 0 saturated carbocycles. The third-order valence-corrected chi connectivity index (χ3v) is 5.87. The lowest BCUT2D eigenvalue weighted by atomic mass is 10.1. The van der Waals surface area contributed by atoms with Crippen LogP contribution in [0, 0.1) is 5.82 Å². The van der Waals surface area contributed by atoms with Crippen molar-refractivity contribution in [3.05, 3.63) is 66.2 Å². The van der Waals surface area contributed by atoms with Gasteiger partial charge in [-0.05, 0) is 48.5 Å². The molecule has 3 aromatic rings. The van der Waals surface area contributed by atoms with Crippen molar-refractivity contribution < 1.29 is 18.7 Å². The minimum atomic E-state index is -0.319. The predicted molar refractivity (Wildman–Crippen MR) is 124 cm³/mol. The van der Waals surface area contributed by atoms with Crippen LogP contribution in [-0.4, -0.2) is 68.3 Å². The fourth-order valence-corrected chi connectivity index (χ4v) is 4.08. The molecule has 33 heavy (non-hydrogen) atoms. The Labute approximate surface area is 191 Å². The minimum absolute atomic E-state index is 0.282. The number of halogens is 1. The highest BCUT2D eigenvalue weighted by molar-refractivity contribution is 6.05. The second-order valence-corrected chi connectivity index (χ2v) is 7.98. The number of amides is 1. The Balaban J connectivity index is 1.38. The number of aromatic nitrogens is 2. The molecule has 0 atom stereocenters. The Kier molecular flexibility index (Phi) is 6.23. The van der Waals surface area contributed by atoms with Crippen molar-refractivity contribution in [3.63, 3.8) is 0 Å². The zero-order valence-corrected chi connectivity index (χ0v) is 18.2. The Bertz CT molecular complexity index is 1110. The lowest BCUT2D eigenvalue weighted by Crippen LogP contribution is -2.38. The Hall–Kier alpha value is -3.43. The molecule has 1 N–H and O–H groups in total.